The van der Waals surface area contributed by atoms with Crippen molar-refractivity contribution in [2.45, 2.75) is 6.92 Å². The molecule has 0 radical (unpaired) electrons. The number of nitrogens with zero attached hydrogens (tertiary/aromatic N) is 3. The van der Waals surface area contributed by atoms with Gasteiger partial charge in [0.05, 0.1) is 38.1 Å². The zero-order valence-corrected chi connectivity index (χ0v) is 14.6. The first-order valence-corrected chi connectivity index (χ1v) is 9.35. The molecule has 6 heteroatoms. The summed E-state index contributed by atoms with van der Waals surface area (Å²) in [5, 5.41) is 6.53. The van der Waals surface area contributed by atoms with Crippen molar-refractivity contribution in [2.24, 2.45) is 0 Å². The summed E-state index contributed by atoms with van der Waals surface area (Å²) in [5.41, 5.74) is 2.36. The Balaban J connectivity index is 1.47. The Hall–Kier alpha value is -2.18. The van der Waals surface area contributed by atoms with Gasteiger partial charge in [-0.15, -0.1) is 11.3 Å². The monoisotopic (exact) mass is 340 g/mol. The summed E-state index contributed by atoms with van der Waals surface area (Å²) in [6, 6.07) is 10.7. The normalized spacial score (nSPS) is 15.8. The van der Waals surface area contributed by atoms with Gasteiger partial charge >= 0.3 is 0 Å². The first-order valence-electron chi connectivity index (χ1n) is 8.47. The molecular weight excluding hydrogens is 318 g/mol. The predicted octanol–water partition coefficient (Wildman–Crippen LogP) is 2.16. The van der Waals surface area contributed by atoms with Gasteiger partial charge in [0.15, 0.2) is 0 Å². The minimum atomic E-state index is 0.870. The lowest BCUT2D eigenvalue weighted by Gasteiger charge is -2.33. The van der Waals surface area contributed by atoms with E-state index >= 15 is 0 Å². The molecule has 1 aliphatic heterocycles. The van der Waals surface area contributed by atoms with E-state index in [4.69, 9.17) is 0 Å². The second-order valence-electron chi connectivity index (χ2n) is 6.12. The number of anilines is 3. The Morgan fingerprint density at radius 3 is 2.67 bits per heavy atom. The van der Waals surface area contributed by atoms with E-state index < -0.39 is 0 Å². The van der Waals surface area contributed by atoms with Crippen LogP contribution in [0.3, 0.4) is 0 Å². The summed E-state index contributed by atoms with van der Waals surface area (Å²) in [7, 11) is 0. The van der Waals surface area contributed by atoms with Crippen molar-refractivity contribution in [3.05, 3.63) is 42.0 Å². The number of benzene rings is 1. The van der Waals surface area contributed by atoms with Gasteiger partial charge in [-0.05, 0) is 42.6 Å². The van der Waals surface area contributed by atoms with Gasteiger partial charge < -0.3 is 15.1 Å². The van der Waals surface area contributed by atoms with E-state index in [1.807, 2.05) is 5.38 Å². The molecule has 1 fully saturated rings. The van der Waals surface area contributed by atoms with Gasteiger partial charge in [0.2, 0.25) is 0 Å². The summed E-state index contributed by atoms with van der Waals surface area (Å²) in [4.78, 5) is 13.9. The second-order valence-corrected chi connectivity index (χ2v) is 7.02. The first-order chi connectivity index (χ1) is 11.8. The summed E-state index contributed by atoms with van der Waals surface area (Å²) in [6.07, 6.45) is 1.62. The predicted molar refractivity (Wildman–Crippen MR) is 101 cm³/mol. The van der Waals surface area contributed by atoms with Crippen molar-refractivity contribution in [2.75, 3.05) is 42.9 Å². The lowest BCUT2D eigenvalue weighted by Crippen LogP contribution is -3.14. The molecule has 0 aliphatic carbocycles. The highest BCUT2D eigenvalue weighted by Gasteiger charge is 2.18. The van der Waals surface area contributed by atoms with Crippen molar-refractivity contribution in [1.29, 1.82) is 0 Å². The number of fused-ring (bicyclic) bond motifs is 1. The fraction of sp³-hybridized carbons (Fsp3) is 0.333. The van der Waals surface area contributed by atoms with Crippen LogP contribution in [0.4, 0.5) is 17.2 Å². The van der Waals surface area contributed by atoms with Crippen molar-refractivity contribution < 1.29 is 4.90 Å². The van der Waals surface area contributed by atoms with Gasteiger partial charge in [-0.2, -0.15) is 0 Å². The quantitative estimate of drug-likeness (QED) is 0.764. The number of piperazine rings is 1. The maximum Gasteiger partial charge on any atom is 0.142 e. The van der Waals surface area contributed by atoms with E-state index in [0.29, 0.717) is 0 Å². The average Bonchev–Trinajstić information content (AvgIpc) is 3.12. The molecule has 4 rings (SSSR count). The zero-order chi connectivity index (χ0) is 16.4. The van der Waals surface area contributed by atoms with E-state index in [1.165, 1.54) is 25.3 Å². The van der Waals surface area contributed by atoms with E-state index in [1.54, 1.807) is 22.6 Å². The molecule has 5 nitrogen and oxygen atoms in total. The van der Waals surface area contributed by atoms with Gasteiger partial charge in [-0.1, -0.05) is 0 Å². The van der Waals surface area contributed by atoms with Crippen LogP contribution < -0.4 is 15.1 Å². The molecule has 3 aromatic rings. The van der Waals surface area contributed by atoms with Gasteiger partial charge in [-0.3, -0.25) is 0 Å². The maximum absolute atomic E-state index is 4.38. The topological polar surface area (TPSA) is 45.5 Å². The third-order valence-electron chi connectivity index (χ3n) is 4.73. The minimum Gasteiger partial charge on any atom is -0.360 e. The molecule has 0 bridgehead atoms. The van der Waals surface area contributed by atoms with Gasteiger partial charge in [-0.25, -0.2) is 9.97 Å². The third kappa shape index (κ3) is 3.07. The summed E-state index contributed by atoms with van der Waals surface area (Å²) in [5.74, 6) is 0.870. The van der Waals surface area contributed by atoms with Crippen LogP contribution in [0.25, 0.3) is 10.2 Å². The number of thiophene rings is 1. The Labute approximate surface area is 146 Å². The highest BCUT2D eigenvalue weighted by atomic mass is 32.1. The first kappa shape index (κ1) is 15.4. The highest BCUT2D eigenvalue weighted by Crippen LogP contribution is 2.27. The van der Waals surface area contributed by atoms with Crippen LogP contribution in [0.5, 0.6) is 0 Å². The van der Waals surface area contributed by atoms with Crippen molar-refractivity contribution >= 4 is 38.7 Å². The molecule has 1 aliphatic rings. The maximum atomic E-state index is 4.38. The van der Waals surface area contributed by atoms with Crippen LogP contribution in [-0.2, 0) is 0 Å². The third-order valence-corrected chi connectivity index (χ3v) is 5.55. The van der Waals surface area contributed by atoms with Crippen LogP contribution in [-0.4, -0.2) is 42.7 Å². The van der Waals surface area contributed by atoms with Crippen LogP contribution in [0, 0.1) is 0 Å². The molecule has 24 heavy (non-hydrogen) atoms. The Kier molecular flexibility index (Phi) is 4.32. The van der Waals surface area contributed by atoms with E-state index in [9.17, 15) is 0 Å². The molecule has 0 unspecified atom stereocenters. The summed E-state index contributed by atoms with van der Waals surface area (Å²) in [6.45, 7) is 8.23. The van der Waals surface area contributed by atoms with Crippen LogP contribution in [0.15, 0.2) is 42.0 Å². The molecule has 2 N–H and O–H groups in total. The van der Waals surface area contributed by atoms with Crippen LogP contribution in [0.1, 0.15) is 6.92 Å². The molecule has 0 atom stereocenters. The van der Waals surface area contributed by atoms with Gasteiger partial charge in [0.1, 0.15) is 17.0 Å². The smallest absolute Gasteiger partial charge is 0.142 e. The molecule has 124 valence electrons. The van der Waals surface area contributed by atoms with E-state index in [-0.39, 0.29) is 0 Å². The summed E-state index contributed by atoms with van der Waals surface area (Å²) >= 11 is 1.64. The SMILES string of the molecule is CC[NH+]1CCN(c2ccc(Nc3ncnc4sccc34)cc2)CC1. The second kappa shape index (κ2) is 6.75. The van der Waals surface area contributed by atoms with Crippen molar-refractivity contribution in [1.82, 2.24) is 9.97 Å². The Morgan fingerprint density at radius 1 is 1.12 bits per heavy atom. The lowest BCUT2D eigenvalue weighted by atomic mass is 10.2. The molecule has 3 heterocycles. The van der Waals surface area contributed by atoms with Crippen LogP contribution >= 0.6 is 11.3 Å². The number of quaternary nitrogens is 1. The van der Waals surface area contributed by atoms with Gasteiger partial charge in [0, 0.05) is 11.4 Å². The molecule has 1 saturated heterocycles. The zero-order valence-electron chi connectivity index (χ0n) is 13.8. The number of rotatable bonds is 4. The van der Waals surface area contributed by atoms with Crippen LogP contribution in [0.2, 0.25) is 0 Å². The molecular formula is C18H22N5S+. The summed E-state index contributed by atoms with van der Waals surface area (Å²) < 4.78 is 0. The molecule has 0 amide bonds. The molecule has 0 spiro atoms. The standard InChI is InChI=1S/C18H21N5S/c1-2-22-8-10-23(11-9-22)15-5-3-14(4-6-15)21-17-16-7-12-24-18(16)20-13-19-17/h3-7,12-13H,2,8-11H2,1H3,(H,19,20,21)/p+1. The number of likely N-dealkylation sites (N-methyl/N-ethyl adjacent to an activating group) is 1. The van der Waals surface area contributed by atoms with E-state index in [0.717, 1.165) is 34.8 Å². The number of hydrogen-bond acceptors (Lipinski definition) is 5. The average molecular weight is 340 g/mol. The minimum absolute atomic E-state index is 0.870. The number of aromatic nitrogens is 2. The Morgan fingerprint density at radius 2 is 1.92 bits per heavy atom. The lowest BCUT2D eigenvalue weighted by molar-refractivity contribution is -0.898. The number of hydrogen-bond donors (Lipinski definition) is 2. The van der Waals surface area contributed by atoms with Gasteiger partial charge in [0.25, 0.3) is 0 Å². The fourth-order valence-electron chi connectivity index (χ4n) is 3.22. The van der Waals surface area contributed by atoms with E-state index in [2.05, 4.69) is 57.4 Å². The highest BCUT2D eigenvalue weighted by molar-refractivity contribution is 7.16. The van der Waals surface area contributed by atoms with Crippen molar-refractivity contribution in [3.8, 4) is 0 Å². The fourth-order valence-corrected chi connectivity index (χ4v) is 3.95. The Bertz CT molecular complexity index is 806. The largest absolute Gasteiger partial charge is 0.360 e. The molecule has 2 aromatic heterocycles. The number of nitrogens with one attached hydrogen (secondary N) is 2. The molecule has 0 saturated carbocycles. The molecule has 1 aromatic carbocycles. The van der Waals surface area contributed by atoms with Crippen molar-refractivity contribution in [3.63, 3.8) is 0 Å².